The molecule has 0 spiro atoms. The van der Waals surface area contributed by atoms with Crippen molar-refractivity contribution in [3.05, 3.63) is 332 Å². The van der Waals surface area contributed by atoms with Crippen LogP contribution in [-0.4, -0.2) is 88.0 Å². The van der Waals surface area contributed by atoms with E-state index in [1.54, 1.807) is 0 Å². The van der Waals surface area contributed by atoms with Crippen molar-refractivity contribution in [2.24, 2.45) is 9.98 Å². The minimum atomic E-state index is -6.16. The normalized spacial score (nSPS) is 14.6. The molecule has 4 aromatic heterocycles. The number of allylic oxidation sites excluding steroid dienone is 2. The molecule has 0 amide bonds. The van der Waals surface area contributed by atoms with E-state index in [4.69, 9.17) is 0 Å². The van der Waals surface area contributed by atoms with Crippen LogP contribution in [0.5, 0.6) is 0 Å². The highest BCUT2D eigenvalue weighted by atomic mass is 32.2. The fraction of sp³-hybridized carbons (Fsp3) is 0.108. The molecule has 0 aliphatic carbocycles. The highest BCUT2D eigenvalue weighted by Gasteiger charge is 2.49. The quantitative estimate of drug-likeness (QED) is 0.0464. The lowest BCUT2D eigenvalue weighted by Gasteiger charge is -2.16. The lowest BCUT2D eigenvalue weighted by Crippen LogP contribution is -2.27. The van der Waals surface area contributed by atoms with E-state index in [1.807, 2.05) is 19.9 Å². The fourth-order valence-corrected chi connectivity index (χ4v) is 19.3. The molecule has 6 aromatic carbocycles. The Morgan fingerprint density at radius 3 is 0.557 bits per heavy atom. The number of hydrogen-bond acceptors (Lipinski definition) is 10. The van der Waals surface area contributed by atoms with Crippen molar-refractivity contribution in [2.75, 3.05) is 23.0 Å². The molecular formula is C74H32F30N6O8S4. The first-order valence-corrected chi connectivity index (χ1v) is 39.9. The molecular weight excluding hydrogens is 1800 g/mol. The van der Waals surface area contributed by atoms with Crippen LogP contribution in [0, 0.1) is 175 Å². The Balaban J connectivity index is 1.44. The zero-order chi connectivity index (χ0) is 90.2. The van der Waals surface area contributed by atoms with E-state index < -0.39 is 390 Å². The summed E-state index contributed by atoms with van der Waals surface area (Å²) in [4.78, 5) is 5.67. The number of aromatic amines is 4. The van der Waals surface area contributed by atoms with Crippen LogP contribution in [0.25, 0.3) is 33.4 Å². The molecule has 13 rings (SSSR count). The second-order valence-corrected chi connectivity index (χ2v) is 34.5. The van der Waals surface area contributed by atoms with Crippen molar-refractivity contribution in [1.82, 2.24) is 19.9 Å². The highest BCUT2D eigenvalue weighted by Crippen LogP contribution is 2.50. The fourth-order valence-electron chi connectivity index (χ4n) is 13.3. The number of hydrogen-bond donors (Lipinski definition) is 4. The van der Waals surface area contributed by atoms with Crippen LogP contribution >= 0.6 is 0 Å². The van der Waals surface area contributed by atoms with Crippen molar-refractivity contribution in [2.45, 2.75) is 27.7 Å². The van der Waals surface area contributed by atoms with Gasteiger partial charge in [-0.1, -0.05) is 27.7 Å². The van der Waals surface area contributed by atoms with Gasteiger partial charge in [-0.25, -0.2) is 175 Å². The Morgan fingerprint density at radius 2 is 0.361 bits per heavy atom. The number of halogens is 30. The first kappa shape index (κ1) is 87.7. The summed E-state index contributed by atoms with van der Waals surface area (Å²) in [5, 5.41) is -6.95. The molecule has 12 bridgehead atoms. The molecule has 3 aliphatic heterocycles. The average Bonchev–Trinajstić information content (AvgIpc) is 1.55. The van der Waals surface area contributed by atoms with Crippen LogP contribution in [-0.2, 0) is 39.3 Å². The van der Waals surface area contributed by atoms with Gasteiger partial charge in [0.15, 0.2) is 179 Å². The maximum Gasteiger partial charge on any atom is 0.200 e. The van der Waals surface area contributed by atoms with Gasteiger partial charge in [-0.05, 0) is 48.5 Å². The molecule has 0 fully saturated rings. The summed E-state index contributed by atoms with van der Waals surface area (Å²) >= 11 is 0. The van der Waals surface area contributed by atoms with Crippen molar-refractivity contribution in [3.63, 3.8) is 0 Å². The molecule has 0 atom stereocenters. The van der Waals surface area contributed by atoms with Gasteiger partial charge in [0, 0.05) is 77.6 Å². The summed E-state index contributed by atoms with van der Waals surface area (Å²) in [5.41, 5.74) is -44.9. The van der Waals surface area contributed by atoms with E-state index in [0.29, 0.717) is 27.7 Å². The number of aliphatic imine (C=N–C) groups is 2. The van der Waals surface area contributed by atoms with E-state index in [-0.39, 0.29) is 48.5 Å². The third-order valence-electron chi connectivity index (χ3n) is 19.1. The Bertz CT molecular complexity index is 6890. The third kappa shape index (κ3) is 13.0. The smallest absolute Gasteiger partial charge is 0.200 e. The summed E-state index contributed by atoms with van der Waals surface area (Å²) in [6, 6.07) is 0.489. The monoisotopic (exact) mass is 1830 g/mol. The predicted octanol–water partition coefficient (Wildman–Crippen LogP) is 14.4. The van der Waals surface area contributed by atoms with E-state index in [2.05, 4.69) is 9.98 Å². The van der Waals surface area contributed by atoms with E-state index in [0.717, 1.165) is 0 Å². The summed E-state index contributed by atoms with van der Waals surface area (Å²) in [6.07, 6.45) is 0. The number of benzene rings is 6. The number of sulfone groups is 4. The van der Waals surface area contributed by atoms with Gasteiger partial charge in [0.05, 0.1) is 79.2 Å². The molecule has 0 saturated carbocycles. The van der Waals surface area contributed by atoms with Crippen LogP contribution in [0.3, 0.4) is 0 Å². The van der Waals surface area contributed by atoms with Gasteiger partial charge >= 0.3 is 0 Å². The van der Waals surface area contributed by atoms with Gasteiger partial charge in [0.2, 0.25) is 34.9 Å². The Labute approximate surface area is 659 Å². The SMILES string of the molecule is CCS(=O)(=O)C1=C(S(=O)(=O)CC)C2=C(c3c(F)c(F)c(F)c(F)c3F)c3ccc([nH]3)C(c3c(F)c(F)c(F)c(F)c3F)=c3ccc([nH]3)=C(c3c(F)c(F)c(F)c(F)c3F)C3=NC(=C(c4c(F)c(F)c(F)c(F)c4F)c4ccc([nH]4)C(c4c(F)c(F)c(F)c(F)c4F)=c4ccc([nH]4)=C(c4c(F)c(F)c(F)c(F)c4F)C1=N2)C(S(=O)(=O)CC)=C3S(=O)(=O)CC. The third-order valence-corrected chi connectivity index (χ3v) is 26.5. The van der Waals surface area contributed by atoms with Crippen molar-refractivity contribution in [3.8, 4) is 0 Å². The summed E-state index contributed by atoms with van der Waals surface area (Å²) < 4.78 is 613. The Morgan fingerprint density at radius 1 is 0.205 bits per heavy atom. The molecule has 0 saturated heterocycles. The number of aromatic nitrogens is 4. The van der Waals surface area contributed by atoms with Crippen LogP contribution in [0.4, 0.5) is 132 Å². The molecule has 0 unspecified atom stereocenters. The molecule has 122 heavy (non-hydrogen) atoms. The molecule has 0 radical (unpaired) electrons. The van der Waals surface area contributed by atoms with Crippen LogP contribution < -0.4 is 21.4 Å². The second kappa shape index (κ2) is 30.5. The van der Waals surface area contributed by atoms with Gasteiger partial charge in [-0.3, -0.25) is 0 Å². The van der Waals surface area contributed by atoms with E-state index >= 15 is 165 Å². The largest absolute Gasteiger partial charge is 0.354 e. The highest BCUT2D eigenvalue weighted by molar-refractivity contribution is 8.00. The Hall–Kier alpha value is -12.1. The lowest BCUT2D eigenvalue weighted by molar-refractivity contribution is 0.376. The van der Waals surface area contributed by atoms with Crippen molar-refractivity contribution in [1.29, 1.82) is 0 Å². The standard InChI is InChI=1S/C74H32F30N6O8S4/c1-5-119(111,112)71-67-27(33-41(79)53(91)63(101)54(92)42(33)80)21-13-9-17(105-21)25(31-37(75)49(87)61(99)50(88)38(31)76)19-11-15-23(107-19)29(35-45(83)57(95)65(103)58(96)46(35)84)69-73(121(115,116)7-3)74(122(117,118)8-4)70(110-69)30(36-47(85)59(97)66(104)60(98)48(36)86)24-16-12-20(108-24)26(32-39(77)51(89)62(100)52(90)40(32)78)18-10-14-22(106-18)28(68(109-67)72(71)120(113,114)6-2)34-43(81)55(93)64(102)56(94)44(34)82/h9-16,105-108H,5-8H2,1-4H3. The minimum absolute atomic E-state index is 0.0390. The maximum atomic E-state index is 17.3. The van der Waals surface area contributed by atoms with Gasteiger partial charge in [-0.2, -0.15) is 0 Å². The Kier molecular flexibility index (Phi) is 21.9. The molecule has 48 heteroatoms. The zero-order valence-electron chi connectivity index (χ0n) is 59.6. The molecule has 3 aliphatic rings. The summed E-state index contributed by atoms with van der Waals surface area (Å²) in [5.74, 6) is -102. The lowest BCUT2D eigenvalue weighted by atomic mass is 9.98. The number of fused-ring (bicyclic) bond motifs is 10. The number of nitrogens with zero attached hydrogens (tertiary/aromatic N) is 2. The van der Waals surface area contributed by atoms with Gasteiger partial charge < -0.3 is 19.9 Å². The molecule has 640 valence electrons. The summed E-state index contributed by atoms with van der Waals surface area (Å²) in [7, 11) is -24.6. The molecule has 4 N–H and O–H groups in total. The van der Waals surface area contributed by atoms with E-state index in [9.17, 15) is 0 Å². The first-order chi connectivity index (χ1) is 56.9. The van der Waals surface area contributed by atoms with Crippen molar-refractivity contribution < 1.29 is 165 Å². The maximum absolute atomic E-state index is 17.3. The number of H-pyrrole nitrogens is 4. The average molecular weight is 1830 g/mol. The van der Waals surface area contributed by atoms with Crippen LogP contribution in [0.2, 0.25) is 0 Å². The number of rotatable bonds is 14. The van der Waals surface area contributed by atoms with Gasteiger partial charge in [0.25, 0.3) is 0 Å². The summed E-state index contributed by atoms with van der Waals surface area (Å²) in [6.45, 7) is 2.02. The molecule has 7 heterocycles. The van der Waals surface area contributed by atoms with Gasteiger partial charge in [0.1, 0.15) is 19.6 Å². The first-order valence-electron chi connectivity index (χ1n) is 33.3. The number of nitrogens with one attached hydrogen (secondary N) is 4. The van der Waals surface area contributed by atoms with Crippen molar-refractivity contribution >= 4 is 84.2 Å². The van der Waals surface area contributed by atoms with E-state index in [1.165, 1.54) is 0 Å². The molecule has 10 aromatic rings. The predicted molar refractivity (Wildman–Crippen MR) is 366 cm³/mol. The van der Waals surface area contributed by atoms with Crippen LogP contribution in [0.1, 0.15) is 83.9 Å². The minimum Gasteiger partial charge on any atom is -0.354 e. The second-order valence-electron chi connectivity index (χ2n) is 25.6. The molecule has 14 nitrogen and oxygen atoms in total. The zero-order valence-corrected chi connectivity index (χ0v) is 62.8. The topological polar surface area (TPSA) is 224 Å². The van der Waals surface area contributed by atoms with Gasteiger partial charge in [-0.15, -0.1) is 0 Å². The van der Waals surface area contributed by atoms with Crippen LogP contribution in [0.15, 0.2) is 89.5 Å².